The number of rotatable bonds is 4. The summed E-state index contributed by atoms with van der Waals surface area (Å²) < 4.78 is 0. The normalized spacial score (nSPS) is 19.7. The van der Waals surface area contributed by atoms with Crippen LogP contribution in [0.4, 0.5) is 5.82 Å². The van der Waals surface area contributed by atoms with E-state index in [4.69, 9.17) is 17.3 Å². The van der Waals surface area contributed by atoms with Gasteiger partial charge in [-0.2, -0.15) is 0 Å². The standard InChI is InChI=1S/C21H25ClN4O/c22-18-5-3-16(4-6-18)13-26-15-21(12-19(26)27)7-10-25(11-8-21)14-17-2-1-9-24-20(17)23/h1-6,9H,7-8,10-15H2,(H2,23,24). The van der Waals surface area contributed by atoms with Crippen LogP contribution in [0.3, 0.4) is 0 Å². The van der Waals surface area contributed by atoms with Crippen LogP contribution in [0.1, 0.15) is 30.4 Å². The van der Waals surface area contributed by atoms with E-state index in [0.717, 1.165) is 55.2 Å². The number of carbonyl (C=O) groups excluding carboxylic acids is 1. The molecule has 0 bridgehead atoms. The third kappa shape index (κ3) is 4.09. The van der Waals surface area contributed by atoms with Crippen molar-refractivity contribution in [2.24, 2.45) is 5.41 Å². The van der Waals surface area contributed by atoms with Crippen LogP contribution in [0.15, 0.2) is 42.6 Å². The van der Waals surface area contributed by atoms with Crippen molar-refractivity contribution in [3.05, 3.63) is 58.7 Å². The molecule has 0 aliphatic carbocycles. The fourth-order valence-corrected chi connectivity index (χ4v) is 4.41. The van der Waals surface area contributed by atoms with Crippen molar-refractivity contribution in [3.8, 4) is 0 Å². The summed E-state index contributed by atoms with van der Waals surface area (Å²) in [5.41, 5.74) is 8.32. The van der Waals surface area contributed by atoms with Crippen molar-refractivity contribution in [2.45, 2.75) is 32.4 Å². The lowest BCUT2D eigenvalue weighted by atomic mass is 9.77. The van der Waals surface area contributed by atoms with Gasteiger partial charge in [0.2, 0.25) is 5.91 Å². The SMILES string of the molecule is Nc1ncccc1CN1CCC2(CC1)CC(=O)N(Cc1ccc(Cl)cc1)C2. The predicted molar refractivity (Wildman–Crippen MR) is 107 cm³/mol. The predicted octanol–water partition coefficient (Wildman–Crippen LogP) is 3.33. The molecule has 2 aromatic rings. The van der Waals surface area contributed by atoms with Gasteiger partial charge in [0.15, 0.2) is 0 Å². The summed E-state index contributed by atoms with van der Waals surface area (Å²) in [6.07, 6.45) is 4.50. The van der Waals surface area contributed by atoms with Crippen molar-refractivity contribution >= 4 is 23.3 Å². The van der Waals surface area contributed by atoms with E-state index < -0.39 is 0 Å². The topological polar surface area (TPSA) is 62.5 Å². The van der Waals surface area contributed by atoms with E-state index in [1.165, 1.54) is 0 Å². The second-order valence-electron chi connectivity index (χ2n) is 7.88. The van der Waals surface area contributed by atoms with Gasteiger partial charge in [-0.3, -0.25) is 9.69 Å². The maximum atomic E-state index is 12.6. The average molecular weight is 385 g/mol. The molecule has 2 saturated heterocycles. The molecule has 3 heterocycles. The van der Waals surface area contributed by atoms with Crippen LogP contribution in [0.2, 0.25) is 5.02 Å². The third-order valence-corrected chi connectivity index (χ3v) is 6.18. The lowest BCUT2D eigenvalue weighted by molar-refractivity contribution is -0.128. The number of hydrogen-bond donors (Lipinski definition) is 1. The largest absolute Gasteiger partial charge is 0.383 e. The summed E-state index contributed by atoms with van der Waals surface area (Å²) in [6, 6.07) is 11.7. The maximum Gasteiger partial charge on any atom is 0.223 e. The molecule has 1 amide bonds. The lowest BCUT2D eigenvalue weighted by Gasteiger charge is -2.39. The Morgan fingerprint density at radius 3 is 2.56 bits per heavy atom. The Kier molecular flexibility index (Phi) is 5.06. The van der Waals surface area contributed by atoms with E-state index >= 15 is 0 Å². The smallest absolute Gasteiger partial charge is 0.223 e. The molecule has 0 unspecified atom stereocenters. The molecule has 2 fully saturated rings. The second-order valence-corrected chi connectivity index (χ2v) is 8.31. The number of carbonyl (C=O) groups is 1. The minimum absolute atomic E-state index is 0.125. The molecule has 0 radical (unpaired) electrons. The van der Waals surface area contributed by atoms with Crippen molar-refractivity contribution in [1.82, 2.24) is 14.8 Å². The summed E-state index contributed by atoms with van der Waals surface area (Å²) in [6.45, 7) is 4.36. The molecule has 1 aromatic heterocycles. The van der Waals surface area contributed by atoms with Crippen LogP contribution in [-0.4, -0.2) is 40.3 Å². The molecule has 5 nitrogen and oxygen atoms in total. The highest BCUT2D eigenvalue weighted by Crippen LogP contribution is 2.41. The quantitative estimate of drug-likeness (QED) is 0.878. The zero-order valence-corrected chi connectivity index (χ0v) is 16.2. The van der Waals surface area contributed by atoms with Crippen molar-refractivity contribution in [2.75, 3.05) is 25.4 Å². The number of amides is 1. The zero-order valence-electron chi connectivity index (χ0n) is 15.4. The van der Waals surface area contributed by atoms with Crippen LogP contribution >= 0.6 is 11.6 Å². The van der Waals surface area contributed by atoms with Crippen LogP contribution in [0, 0.1) is 5.41 Å². The number of aromatic nitrogens is 1. The first kappa shape index (κ1) is 18.3. The zero-order chi connectivity index (χ0) is 18.9. The summed E-state index contributed by atoms with van der Waals surface area (Å²) >= 11 is 5.96. The van der Waals surface area contributed by atoms with Gasteiger partial charge >= 0.3 is 0 Å². The van der Waals surface area contributed by atoms with Gasteiger partial charge < -0.3 is 10.6 Å². The van der Waals surface area contributed by atoms with Gasteiger partial charge in [0.05, 0.1) is 0 Å². The number of anilines is 1. The van der Waals surface area contributed by atoms with Gasteiger partial charge in [-0.05, 0) is 55.1 Å². The molecule has 2 aliphatic heterocycles. The number of hydrogen-bond acceptors (Lipinski definition) is 4. The molecule has 2 N–H and O–H groups in total. The number of pyridine rings is 1. The molecule has 0 atom stereocenters. The average Bonchev–Trinajstić information content (AvgIpc) is 2.96. The van der Waals surface area contributed by atoms with E-state index in [9.17, 15) is 4.79 Å². The van der Waals surface area contributed by atoms with Crippen LogP contribution in [0.25, 0.3) is 0 Å². The molecule has 1 aromatic carbocycles. The van der Waals surface area contributed by atoms with Crippen molar-refractivity contribution in [1.29, 1.82) is 0 Å². The minimum atomic E-state index is 0.125. The van der Waals surface area contributed by atoms with E-state index in [1.54, 1.807) is 6.20 Å². The Morgan fingerprint density at radius 1 is 1.11 bits per heavy atom. The summed E-state index contributed by atoms with van der Waals surface area (Å²) in [7, 11) is 0. The Morgan fingerprint density at radius 2 is 1.85 bits per heavy atom. The van der Waals surface area contributed by atoms with Crippen LogP contribution < -0.4 is 5.73 Å². The van der Waals surface area contributed by atoms with Crippen LogP contribution in [0.5, 0.6) is 0 Å². The number of benzene rings is 1. The number of nitrogens with zero attached hydrogens (tertiary/aromatic N) is 3. The van der Waals surface area contributed by atoms with Gasteiger partial charge in [0.1, 0.15) is 5.82 Å². The number of nitrogen functional groups attached to an aromatic ring is 1. The van der Waals surface area contributed by atoms with E-state index in [1.807, 2.05) is 41.3 Å². The Balaban J connectivity index is 1.35. The molecule has 27 heavy (non-hydrogen) atoms. The van der Waals surface area contributed by atoms with E-state index in [0.29, 0.717) is 18.8 Å². The summed E-state index contributed by atoms with van der Waals surface area (Å²) in [5, 5.41) is 0.726. The maximum absolute atomic E-state index is 12.6. The Labute approximate surface area is 165 Å². The molecular formula is C21H25ClN4O. The van der Waals surface area contributed by atoms with E-state index in [2.05, 4.69) is 9.88 Å². The monoisotopic (exact) mass is 384 g/mol. The van der Waals surface area contributed by atoms with E-state index in [-0.39, 0.29) is 11.3 Å². The molecule has 142 valence electrons. The fraction of sp³-hybridized carbons (Fsp3) is 0.429. The Bertz CT molecular complexity index is 815. The number of likely N-dealkylation sites (tertiary alicyclic amines) is 2. The van der Waals surface area contributed by atoms with Gasteiger partial charge in [-0.1, -0.05) is 29.8 Å². The first-order valence-corrected chi connectivity index (χ1v) is 9.85. The molecule has 0 saturated carbocycles. The highest BCUT2D eigenvalue weighted by Gasteiger charge is 2.44. The molecule has 6 heteroatoms. The first-order valence-electron chi connectivity index (χ1n) is 9.47. The lowest BCUT2D eigenvalue weighted by Crippen LogP contribution is -2.41. The van der Waals surface area contributed by atoms with Gasteiger partial charge in [0, 0.05) is 42.8 Å². The van der Waals surface area contributed by atoms with Gasteiger partial charge in [0.25, 0.3) is 0 Å². The molecular weight excluding hydrogens is 360 g/mol. The van der Waals surface area contributed by atoms with Crippen LogP contribution in [-0.2, 0) is 17.9 Å². The molecule has 2 aliphatic rings. The first-order chi connectivity index (χ1) is 13.0. The third-order valence-electron chi connectivity index (χ3n) is 5.93. The number of nitrogens with two attached hydrogens (primary N) is 1. The second kappa shape index (κ2) is 7.49. The minimum Gasteiger partial charge on any atom is -0.383 e. The molecule has 4 rings (SSSR count). The van der Waals surface area contributed by atoms with Gasteiger partial charge in [-0.15, -0.1) is 0 Å². The number of halogens is 1. The number of piperidine rings is 1. The van der Waals surface area contributed by atoms with Gasteiger partial charge in [-0.25, -0.2) is 4.98 Å². The summed E-state index contributed by atoms with van der Waals surface area (Å²) in [4.78, 5) is 21.2. The van der Waals surface area contributed by atoms with Crippen molar-refractivity contribution in [3.63, 3.8) is 0 Å². The highest BCUT2D eigenvalue weighted by molar-refractivity contribution is 6.30. The van der Waals surface area contributed by atoms with Crippen molar-refractivity contribution < 1.29 is 4.79 Å². The highest BCUT2D eigenvalue weighted by atomic mass is 35.5. The molecule has 1 spiro atoms. The fourth-order valence-electron chi connectivity index (χ4n) is 4.28. The summed E-state index contributed by atoms with van der Waals surface area (Å²) in [5.74, 6) is 0.887. The Hall–Kier alpha value is -2.11.